The molecular weight excluding hydrogens is 490 g/mol. The Hall–Kier alpha value is -5.22. The Morgan fingerprint density at radius 2 is 1.30 bits per heavy atom. The molecular formula is C36H29N3O. The van der Waals surface area contributed by atoms with Crippen LogP contribution in [0.5, 0.6) is 5.75 Å². The number of para-hydroxylation sites is 1. The first-order chi connectivity index (χ1) is 19.7. The van der Waals surface area contributed by atoms with Gasteiger partial charge in [0, 0.05) is 34.6 Å². The van der Waals surface area contributed by atoms with Crippen molar-refractivity contribution >= 4 is 17.2 Å². The first-order valence-electron chi connectivity index (χ1n) is 13.4. The predicted octanol–water partition coefficient (Wildman–Crippen LogP) is 9.14. The Labute approximate surface area is 234 Å². The lowest BCUT2D eigenvalue weighted by Crippen LogP contribution is -2.11. The molecule has 1 N–H and O–H groups in total. The fraction of sp³-hybridized carbons (Fsp3) is 0.0556. The van der Waals surface area contributed by atoms with Gasteiger partial charge >= 0.3 is 0 Å². The smallest absolute Gasteiger partial charge is 0.137 e. The van der Waals surface area contributed by atoms with Crippen molar-refractivity contribution in [3.8, 4) is 28.3 Å². The summed E-state index contributed by atoms with van der Waals surface area (Å²) < 4.78 is 0. The number of phenols is 1. The molecule has 194 valence electrons. The molecule has 0 spiro atoms. The summed E-state index contributed by atoms with van der Waals surface area (Å²) in [5.74, 6) is 1.34. The minimum Gasteiger partial charge on any atom is -0.507 e. The highest BCUT2D eigenvalue weighted by molar-refractivity contribution is 5.78. The van der Waals surface area contributed by atoms with Crippen LogP contribution in [-0.4, -0.2) is 15.1 Å². The summed E-state index contributed by atoms with van der Waals surface area (Å²) in [5.41, 5.74) is 7.80. The highest BCUT2D eigenvalue weighted by Gasteiger charge is 2.16. The lowest BCUT2D eigenvalue weighted by Gasteiger charge is -2.25. The zero-order chi connectivity index (χ0) is 27.3. The van der Waals surface area contributed by atoms with Gasteiger partial charge in [-0.3, -0.25) is 4.90 Å². The fourth-order valence-electron chi connectivity index (χ4n) is 4.99. The lowest BCUT2D eigenvalue weighted by molar-refractivity contribution is 0.477. The monoisotopic (exact) mass is 519 g/mol. The van der Waals surface area contributed by atoms with Crippen molar-refractivity contribution in [3.05, 3.63) is 157 Å². The normalized spacial score (nSPS) is 11.6. The van der Waals surface area contributed by atoms with Gasteiger partial charge in [-0.05, 0) is 71.8 Å². The summed E-state index contributed by atoms with van der Waals surface area (Å²) in [4.78, 5) is 11.7. The second kappa shape index (κ2) is 11.3. The summed E-state index contributed by atoms with van der Waals surface area (Å²) in [6.07, 6.45) is 1.81. The van der Waals surface area contributed by atoms with Crippen LogP contribution in [0, 0.1) is 0 Å². The van der Waals surface area contributed by atoms with Gasteiger partial charge in [0.1, 0.15) is 11.6 Å². The maximum absolute atomic E-state index is 10.4. The topological polar surface area (TPSA) is 49.2 Å². The van der Waals surface area contributed by atoms with E-state index in [4.69, 9.17) is 4.98 Å². The molecule has 6 rings (SSSR count). The lowest BCUT2D eigenvalue weighted by atomic mass is 9.93. The Morgan fingerprint density at radius 3 is 2.08 bits per heavy atom. The first-order valence-corrected chi connectivity index (χ1v) is 13.4. The minimum atomic E-state index is 0.215. The van der Waals surface area contributed by atoms with Crippen LogP contribution in [0.1, 0.15) is 24.0 Å². The second-order valence-corrected chi connectivity index (χ2v) is 9.72. The fourth-order valence-corrected chi connectivity index (χ4v) is 4.99. The summed E-state index contributed by atoms with van der Waals surface area (Å²) in [6.45, 7) is 2.24. The third-order valence-electron chi connectivity index (χ3n) is 7.16. The number of aromatic nitrogens is 2. The number of phenolic OH excluding ortho intramolecular Hbond substituents is 1. The van der Waals surface area contributed by atoms with E-state index in [0.29, 0.717) is 11.5 Å². The molecule has 0 aliphatic carbocycles. The maximum Gasteiger partial charge on any atom is 0.137 e. The SMILES string of the molecule is CC(c1ccccc1)c1ccc(N(c2cccc(-c3cccc(-c4ccccc4O)n3)c2)c2ccccn2)cc1. The van der Waals surface area contributed by atoms with Crippen LogP contribution in [0.2, 0.25) is 0 Å². The Kier molecular flexibility index (Phi) is 7.06. The highest BCUT2D eigenvalue weighted by atomic mass is 16.3. The number of hydrogen-bond donors (Lipinski definition) is 1. The first kappa shape index (κ1) is 25.1. The van der Waals surface area contributed by atoms with Crippen molar-refractivity contribution in [1.29, 1.82) is 0 Å². The van der Waals surface area contributed by atoms with Crippen molar-refractivity contribution < 1.29 is 5.11 Å². The predicted molar refractivity (Wildman–Crippen MR) is 163 cm³/mol. The zero-order valence-corrected chi connectivity index (χ0v) is 22.2. The van der Waals surface area contributed by atoms with Gasteiger partial charge in [0.05, 0.1) is 11.4 Å². The standard InChI is InChI=1S/C36H29N3O/c1-26(27-11-3-2-4-12-27)28-20-22-30(23-21-28)39(36-19-7-8-24-37-36)31-14-9-13-29(25-31)33-16-10-17-34(38-33)32-15-5-6-18-35(32)40/h2-26,40H,1H3. The summed E-state index contributed by atoms with van der Waals surface area (Å²) in [6, 6.07) is 46.7. The number of rotatable bonds is 7. The number of aromatic hydroxyl groups is 1. The molecule has 0 aliphatic rings. The van der Waals surface area contributed by atoms with Gasteiger partial charge in [-0.2, -0.15) is 0 Å². The van der Waals surface area contributed by atoms with Crippen LogP contribution in [0.15, 0.2) is 146 Å². The zero-order valence-electron chi connectivity index (χ0n) is 22.2. The van der Waals surface area contributed by atoms with Crippen LogP contribution in [0.4, 0.5) is 17.2 Å². The summed E-state index contributed by atoms with van der Waals surface area (Å²) in [5, 5.41) is 10.4. The van der Waals surface area contributed by atoms with Crippen LogP contribution in [0.25, 0.3) is 22.5 Å². The van der Waals surface area contributed by atoms with Gasteiger partial charge in [-0.1, -0.05) is 85.8 Å². The molecule has 1 atom stereocenters. The van der Waals surface area contributed by atoms with Gasteiger partial charge in [0.2, 0.25) is 0 Å². The molecule has 0 saturated heterocycles. The van der Waals surface area contributed by atoms with Gasteiger partial charge < -0.3 is 5.11 Å². The Morgan fingerprint density at radius 1 is 0.600 bits per heavy atom. The van der Waals surface area contributed by atoms with Crippen LogP contribution in [-0.2, 0) is 0 Å². The third kappa shape index (κ3) is 5.20. The van der Waals surface area contributed by atoms with E-state index in [1.165, 1.54) is 11.1 Å². The average molecular weight is 520 g/mol. The van der Waals surface area contributed by atoms with Crippen molar-refractivity contribution in [2.75, 3.05) is 4.90 Å². The number of benzene rings is 4. The second-order valence-electron chi connectivity index (χ2n) is 9.72. The molecule has 6 aromatic rings. The number of pyridine rings is 2. The quantitative estimate of drug-likeness (QED) is 0.228. The molecule has 2 heterocycles. The van der Waals surface area contributed by atoms with Gasteiger partial charge in [0.25, 0.3) is 0 Å². The molecule has 0 fully saturated rings. The Balaban J connectivity index is 1.37. The van der Waals surface area contributed by atoms with E-state index in [1.54, 1.807) is 6.07 Å². The largest absolute Gasteiger partial charge is 0.507 e. The van der Waals surface area contributed by atoms with Crippen LogP contribution >= 0.6 is 0 Å². The minimum absolute atomic E-state index is 0.215. The van der Waals surface area contributed by atoms with E-state index in [2.05, 4.69) is 89.6 Å². The van der Waals surface area contributed by atoms with E-state index in [-0.39, 0.29) is 5.75 Å². The average Bonchev–Trinajstić information content (AvgIpc) is 3.03. The molecule has 0 aliphatic heterocycles. The Bertz CT molecular complexity index is 1720. The van der Waals surface area contributed by atoms with E-state index >= 15 is 0 Å². The summed E-state index contributed by atoms with van der Waals surface area (Å²) >= 11 is 0. The van der Waals surface area contributed by atoms with Crippen molar-refractivity contribution in [2.45, 2.75) is 12.8 Å². The molecule has 4 aromatic carbocycles. The van der Waals surface area contributed by atoms with Gasteiger partial charge in [-0.15, -0.1) is 0 Å². The molecule has 2 aromatic heterocycles. The van der Waals surface area contributed by atoms with E-state index in [1.807, 2.05) is 66.9 Å². The highest BCUT2D eigenvalue weighted by Crippen LogP contribution is 2.37. The molecule has 4 nitrogen and oxygen atoms in total. The van der Waals surface area contributed by atoms with Crippen molar-refractivity contribution in [2.24, 2.45) is 0 Å². The van der Waals surface area contributed by atoms with E-state index in [9.17, 15) is 5.11 Å². The number of anilines is 3. The molecule has 0 amide bonds. The van der Waals surface area contributed by atoms with Crippen LogP contribution in [0.3, 0.4) is 0 Å². The van der Waals surface area contributed by atoms with Crippen molar-refractivity contribution in [1.82, 2.24) is 9.97 Å². The van der Waals surface area contributed by atoms with Crippen LogP contribution < -0.4 is 4.90 Å². The maximum atomic E-state index is 10.4. The number of hydrogen-bond acceptors (Lipinski definition) is 4. The van der Waals surface area contributed by atoms with E-state index in [0.717, 1.165) is 34.1 Å². The van der Waals surface area contributed by atoms with Gasteiger partial charge in [-0.25, -0.2) is 9.97 Å². The number of nitrogens with zero attached hydrogens (tertiary/aromatic N) is 3. The molecule has 0 radical (unpaired) electrons. The van der Waals surface area contributed by atoms with Crippen molar-refractivity contribution in [3.63, 3.8) is 0 Å². The molecule has 40 heavy (non-hydrogen) atoms. The molecule has 1 unspecified atom stereocenters. The van der Waals surface area contributed by atoms with Gasteiger partial charge in [0.15, 0.2) is 0 Å². The summed E-state index contributed by atoms with van der Waals surface area (Å²) in [7, 11) is 0. The molecule has 0 saturated carbocycles. The van der Waals surface area contributed by atoms with E-state index < -0.39 is 0 Å². The molecule has 4 heteroatoms. The molecule has 0 bridgehead atoms. The third-order valence-corrected chi connectivity index (χ3v) is 7.16.